The van der Waals surface area contributed by atoms with Gasteiger partial charge in [-0.1, -0.05) is 0 Å². The molecule has 0 aliphatic carbocycles. The van der Waals surface area contributed by atoms with Crippen molar-refractivity contribution >= 4 is 12.1 Å². The van der Waals surface area contributed by atoms with Gasteiger partial charge in [0.05, 0.1) is 13.1 Å². The second-order valence-electron chi connectivity index (χ2n) is 4.97. The van der Waals surface area contributed by atoms with Crippen LogP contribution in [0.2, 0.25) is 0 Å². The summed E-state index contributed by atoms with van der Waals surface area (Å²) >= 11 is 0. The molecule has 1 rings (SSSR count). The molecule has 0 aromatic rings. The van der Waals surface area contributed by atoms with Crippen molar-refractivity contribution in [2.45, 2.75) is 31.9 Å². The van der Waals surface area contributed by atoms with Gasteiger partial charge in [0, 0.05) is 0 Å². The van der Waals surface area contributed by atoms with Crippen molar-refractivity contribution in [1.82, 2.24) is 10.2 Å². The number of nitrogens with one attached hydrogen (secondary N) is 1. The van der Waals surface area contributed by atoms with Gasteiger partial charge >= 0.3 is 12.1 Å². The van der Waals surface area contributed by atoms with Crippen LogP contribution in [0.15, 0.2) is 0 Å². The first kappa shape index (κ1) is 12.8. The predicted molar refractivity (Wildman–Crippen MR) is 57.2 cm³/mol. The van der Waals surface area contributed by atoms with Crippen LogP contribution in [-0.2, 0) is 9.53 Å². The number of ether oxygens (including phenoxy) is 1. The van der Waals surface area contributed by atoms with Crippen molar-refractivity contribution in [3.05, 3.63) is 0 Å². The Kier molecular flexibility index (Phi) is 3.14. The van der Waals surface area contributed by atoms with Crippen LogP contribution in [0.5, 0.6) is 0 Å². The van der Waals surface area contributed by atoms with E-state index in [9.17, 15) is 9.59 Å². The van der Waals surface area contributed by atoms with Crippen molar-refractivity contribution < 1.29 is 19.4 Å². The van der Waals surface area contributed by atoms with Gasteiger partial charge in [0.1, 0.15) is 5.60 Å². The topological polar surface area (TPSA) is 78.9 Å². The predicted octanol–water partition coefficient (Wildman–Crippen LogP) is 0.280. The summed E-state index contributed by atoms with van der Waals surface area (Å²) in [6.45, 7) is 5.58. The van der Waals surface area contributed by atoms with Crippen LogP contribution in [-0.4, -0.2) is 53.3 Å². The van der Waals surface area contributed by atoms with E-state index in [0.717, 1.165) is 0 Å². The standard InChI is InChI=1S/C10H18N2O4/c1-9(2,3)16-8(15)12-5-10(6-12,11-4)7(13)14/h11H,5-6H2,1-4H3,(H,13,14). The molecule has 2 N–H and O–H groups in total. The molecule has 0 aromatic carbocycles. The van der Waals surface area contributed by atoms with Crippen LogP contribution in [0, 0.1) is 0 Å². The molecule has 0 aromatic heterocycles. The molecule has 1 amide bonds. The van der Waals surface area contributed by atoms with Crippen LogP contribution in [0.1, 0.15) is 20.8 Å². The van der Waals surface area contributed by atoms with E-state index in [1.807, 2.05) is 0 Å². The zero-order valence-corrected chi connectivity index (χ0v) is 10.0. The highest BCUT2D eigenvalue weighted by atomic mass is 16.6. The molecule has 16 heavy (non-hydrogen) atoms. The lowest BCUT2D eigenvalue weighted by Gasteiger charge is -2.46. The smallest absolute Gasteiger partial charge is 0.410 e. The van der Waals surface area contributed by atoms with Crippen LogP contribution >= 0.6 is 0 Å². The molecule has 0 bridgehead atoms. The fraction of sp³-hybridized carbons (Fsp3) is 0.800. The number of likely N-dealkylation sites (N-methyl/N-ethyl adjacent to an activating group) is 1. The van der Waals surface area contributed by atoms with Gasteiger partial charge in [-0.15, -0.1) is 0 Å². The van der Waals surface area contributed by atoms with Gasteiger partial charge in [0.2, 0.25) is 0 Å². The van der Waals surface area contributed by atoms with Gasteiger partial charge in [0.25, 0.3) is 0 Å². The summed E-state index contributed by atoms with van der Waals surface area (Å²) in [5.41, 5.74) is -1.57. The van der Waals surface area contributed by atoms with Crippen LogP contribution in [0.3, 0.4) is 0 Å². The average Bonchev–Trinajstić information content (AvgIpc) is 1.98. The zero-order valence-electron chi connectivity index (χ0n) is 10.0. The Bertz CT molecular complexity index is 302. The fourth-order valence-electron chi connectivity index (χ4n) is 1.46. The molecule has 6 heteroatoms. The first-order chi connectivity index (χ1) is 7.20. The van der Waals surface area contributed by atoms with Gasteiger partial charge in [-0.05, 0) is 27.8 Å². The highest BCUT2D eigenvalue weighted by molar-refractivity contribution is 5.84. The maximum absolute atomic E-state index is 11.6. The molecular weight excluding hydrogens is 212 g/mol. The molecule has 0 radical (unpaired) electrons. The first-order valence-electron chi connectivity index (χ1n) is 5.10. The van der Waals surface area contributed by atoms with Gasteiger partial charge in [0.15, 0.2) is 5.54 Å². The lowest BCUT2D eigenvalue weighted by molar-refractivity contribution is -0.151. The van der Waals surface area contributed by atoms with E-state index in [2.05, 4.69) is 5.32 Å². The van der Waals surface area contributed by atoms with E-state index in [-0.39, 0.29) is 13.1 Å². The third kappa shape index (κ3) is 2.44. The number of aliphatic carboxylic acids is 1. The van der Waals surface area contributed by atoms with Gasteiger partial charge < -0.3 is 20.1 Å². The second-order valence-corrected chi connectivity index (χ2v) is 4.97. The Balaban J connectivity index is 2.52. The highest BCUT2D eigenvalue weighted by Gasteiger charge is 2.51. The van der Waals surface area contributed by atoms with Crippen molar-refractivity contribution in [3.8, 4) is 0 Å². The van der Waals surface area contributed by atoms with Gasteiger partial charge in [-0.2, -0.15) is 0 Å². The summed E-state index contributed by atoms with van der Waals surface area (Å²) in [6.07, 6.45) is -0.473. The van der Waals surface area contributed by atoms with Crippen molar-refractivity contribution in [2.24, 2.45) is 0 Å². The summed E-state index contributed by atoms with van der Waals surface area (Å²) in [4.78, 5) is 23.9. The third-order valence-corrected chi connectivity index (χ3v) is 2.46. The minimum absolute atomic E-state index is 0.133. The molecule has 92 valence electrons. The summed E-state index contributed by atoms with van der Waals surface area (Å²) in [6, 6.07) is 0. The average molecular weight is 230 g/mol. The number of hydrogen-bond donors (Lipinski definition) is 2. The zero-order chi connectivity index (χ0) is 12.6. The number of carboxylic acids is 1. The molecule has 0 unspecified atom stereocenters. The number of carbonyl (C=O) groups is 2. The number of carbonyl (C=O) groups excluding carboxylic acids is 1. The van der Waals surface area contributed by atoms with E-state index in [1.165, 1.54) is 4.90 Å². The van der Waals surface area contributed by atoms with Crippen LogP contribution < -0.4 is 5.32 Å². The van der Waals surface area contributed by atoms with Gasteiger partial charge in [-0.3, -0.25) is 4.79 Å². The summed E-state index contributed by atoms with van der Waals surface area (Å²) < 4.78 is 5.13. The first-order valence-corrected chi connectivity index (χ1v) is 5.10. The molecule has 1 aliphatic heterocycles. The van der Waals surface area contributed by atoms with Crippen molar-refractivity contribution in [3.63, 3.8) is 0 Å². The summed E-state index contributed by atoms with van der Waals surface area (Å²) in [5, 5.41) is 11.7. The molecule has 6 nitrogen and oxygen atoms in total. The molecule has 0 atom stereocenters. The number of amides is 1. The Labute approximate surface area is 94.6 Å². The Morgan fingerprint density at radius 2 is 1.88 bits per heavy atom. The Morgan fingerprint density at radius 1 is 1.38 bits per heavy atom. The SMILES string of the molecule is CNC1(C(=O)O)CN(C(=O)OC(C)(C)C)C1. The largest absolute Gasteiger partial charge is 0.480 e. The summed E-state index contributed by atoms with van der Waals surface area (Å²) in [5.74, 6) is -0.949. The second kappa shape index (κ2) is 3.93. The number of likely N-dealkylation sites (tertiary alicyclic amines) is 1. The lowest BCUT2D eigenvalue weighted by atomic mass is 9.90. The van der Waals surface area contributed by atoms with Crippen LogP contribution in [0.4, 0.5) is 4.79 Å². The van der Waals surface area contributed by atoms with E-state index >= 15 is 0 Å². The molecule has 1 heterocycles. The molecule has 1 saturated heterocycles. The number of rotatable bonds is 2. The lowest BCUT2D eigenvalue weighted by Crippen LogP contribution is -2.73. The van der Waals surface area contributed by atoms with Crippen molar-refractivity contribution in [2.75, 3.05) is 20.1 Å². The number of nitrogens with zero attached hydrogens (tertiary/aromatic N) is 1. The van der Waals surface area contributed by atoms with Crippen molar-refractivity contribution in [1.29, 1.82) is 0 Å². The maximum Gasteiger partial charge on any atom is 0.410 e. The van der Waals surface area contributed by atoms with Crippen LogP contribution in [0.25, 0.3) is 0 Å². The van der Waals surface area contributed by atoms with E-state index in [1.54, 1.807) is 27.8 Å². The van der Waals surface area contributed by atoms with Gasteiger partial charge in [-0.25, -0.2) is 4.79 Å². The molecule has 0 saturated carbocycles. The minimum Gasteiger partial charge on any atom is -0.480 e. The molecule has 0 spiro atoms. The van der Waals surface area contributed by atoms with E-state index in [4.69, 9.17) is 9.84 Å². The molecule has 1 fully saturated rings. The van der Waals surface area contributed by atoms with E-state index < -0.39 is 23.2 Å². The number of hydrogen-bond acceptors (Lipinski definition) is 4. The summed E-state index contributed by atoms with van der Waals surface area (Å²) in [7, 11) is 1.57. The quantitative estimate of drug-likeness (QED) is 0.712. The Morgan fingerprint density at radius 3 is 2.19 bits per heavy atom. The fourth-order valence-corrected chi connectivity index (χ4v) is 1.46. The normalized spacial score (nSPS) is 18.9. The number of carboxylic acid groups (broad SMARTS) is 1. The molecular formula is C10H18N2O4. The monoisotopic (exact) mass is 230 g/mol. The highest BCUT2D eigenvalue weighted by Crippen LogP contribution is 2.23. The minimum atomic E-state index is -1.02. The van der Waals surface area contributed by atoms with E-state index in [0.29, 0.717) is 0 Å². The molecule has 1 aliphatic rings. The Hall–Kier alpha value is -1.30. The maximum atomic E-state index is 11.6. The third-order valence-electron chi connectivity index (χ3n) is 2.46.